The molecule has 0 radical (unpaired) electrons. The summed E-state index contributed by atoms with van der Waals surface area (Å²) in [6.07, 6.45) is 4.60. The highest BCUT2D eigenvalue weighted by Gasteiger charge is 2.18. The first-order valence-corrected chi connectivity index (χ1v) is 6.74. The first kappa shape index (κ1) is 13.2. The predicted molar refractivity (Wildman–Crippen MR) is 71.6 cm³/mol. The Labute approximate surface area is 112 Å². The minimum atomic E-state index is -0.0380. The summed E-state index contributed by atoms with van der Waals surface area (Å²) in [5.74, 6) is 0. The molecule has 1 aliphatic rings. The normalized spacial score (nSPS) is 21.7. The van der Waals surface area contributed by atoms with Crippen molar-refractivity contribution < 1.29 is 4.74 Å². The van der Waals surface area contributed by atoms with E-state index in [1.165, 1.54) is 6.42 Å². The molecule has 0 aliphatic carbocycles. The zero-order valence-electron chi connectivity index (χ0n) is 9.66. The molecule has 0 saturated carbocycles. The third kappa shape index (κ3) is 3.59. The van der Waals surface area contributed by atoms with Crippen molar-refractivity contribution in [2.24, 2.45) is 5.73 Å². The molecule has 17 heavy (non-hydrogen) atoms. The van der Waals surface area contributed by atoms with Crippen molar-refractivity contribution in [2.45, 2.75) is 37.8 Å². The minimum absolute atomic E-state index is 0.0380. The van der Waals surface area contributed by atoms with Gasteiger partial charge in [-0.1, -0.05) is 29.3 Å². The number of hydrogen-bond donors (Lipinski definition) is 1. The van der Waals surface area contributed by atoms with E-state index < -0.39 is 0 Å². The Balaban J connectivity index is 1.91. The number of ether oxygens (including phenoxy) is 1. The standard InChI is InChI=1S/C13H17Cl2NO/c14-9-3-5-11(12(15)8-9)13(16)6-4-10-2-1-7-17-10/h3,5,8,10,13H,1-2,4,6-7,16H2. The van der Waals surface area contributed by atoms with Gasteiger partial charge in [0.2, 0.25) is 0 Å². The van der Waals surface area contributed by atoms with Gasteiger partial charge in [-0.05, 0) is 43.4 Å². The highest BCUT2D eigenvalue weighted by molar-refractivity contribution is 6.35. The van der Waals surface area contributed by atoms with Crippen molar-refractivity contribution in [1.29, 1.82) is 0 Å². The van der Waals surface area contributed by atoms with Gasteiger partial charge in [-0.2, -0.15) is 0 Å². The average Bonchev–Trinajstić information content (AvgIpc) is 2.78. The smallest absolute Gasteiger partial charge is 0.0576 e. The predicted octanol–water partition coefficient (Wildman–Crippen LogP) is 3.95. The van der Waals surface area contributed by atoms with Gasteiger partial charge in [-0.25, -0.2) is 0 Å². The van der Waals surface area contributed by atoms with Crippen LogP contribution in [0.4, 0.5) is 0 Å². The van der Waals surface area contributed by atoms with Gasteiger partial charge < -0.3 is 10.5 Å². The van der Waals surface area contributed by atoms with E-state index in [1.807, 2.05) is 12.1 Å². The molecule has 1 heterocycles. The SMILES string of the molecule is NC(CCC1CCCO1)c1ccc(Cl)cc1Cl. The molecule has 0 bridgehead atoms. The zero-order valence-corrected chi connectivity index (χ0v) is 11.2. The molecular weight excluding hydrogens is 257 g/mol. The molecule has 0 amide bonds. The van der Waals surface area contributed by atoms with Gasteiger partial charge in [-0.15, -0.1) is 0 Å². The van der Waals surface area contributed by atoms with Crippen LogP contribution in [0.15, 0.2) is 18.2 Å². The number of rotatable bonds is 4. The molecule has 2 atom stereocenters. The highest BCUT2D eigenvalue weighted by Crippen LogP contribution is 2.29. The van der Waals surface area contributed by atoms with Crippen molar-refractivity contribution in [3.8, 4) is 0 Å². The van der Waals surface area contributed by atoms with Crippen LogP contribution in [0.3, 0.4) is 0 Å². The van der Waals surface area contributed by atoms with E-state index in [0.717, 1.165) is 31.4 Å². The molecule has 1 aromatic carbocycles. The molecule has 2 N–H and O–H groups in total. The summed E-state index contributed by atoms with van der Waals surface area (Å²) in [4.78, 5) is 0. The summed E-state index contributed by atoms with van der Waals surface area (Å²) in [7, 11) is 0. The Morgan fingerprint density at radius 2 is 2.24 bits per heavy atom. The van der Waals surface area contributed by atoms with E-state index in [0.29, 0.717) is 16.1 Å². The second-order valence-corrected chi connectivity index (χ2v) is 5.33. The summed E-state index contributed by atoms with van der Waals surface area (Å²) in [6, 6.07) is 5.44. The molecule has 4 heteroatoms. The quantitative estimate of drug-likeness (QED) is 0.902. The topological polar surface area (TPSA) is 35.2 Å². The van der Waals surface area contributed by atoms with E-state index >= 15 is 0 Å². The first-order valence-electron chi connectivity index (χ1n) is 5.99. The summed E-state index contributed by atoms with van der Waals surface area (Å²) >= 11 is 12.0. The van der Waals surface area contributed by atoms with Crippen LogP contribution in [0.5, 0.6) is 0 Å². The van der Waals surface area contributed by atoms with E-state index in [2.05, 4.69) is 0 Å². The molecule has 0 aromatic heterocycles. The fraction of sp³-hybridized carbons (Fsp3) is 0.538. The monoisotopic (exact) mass is 273 g/mol. The molecular formula is C13H17Cl2NO. The highest BCUT2D eigenvalue weighted by atomic mass is 35.5. The lowest BCUT2D eigenvalue weighted by molar-refractivity contribution is 0.101. The van der Waals surface area contributed by atoms with Crippen LogP contribution >= 0.6 is 23.2 Å². The average molecular weight is 274 g/mol. The summed E-state index contributed by atoms with van der Waals surface area (Å²) in [5, 5.41) is 1.29. The Morgan fingerprint density at radius 3 is 2.88 bits per heavy atom. The molecule has 2 rings (SSSR count). The van der Waals surface area contributed by atoms with Crippen molar-refractivity contribution in [1.82, 2.24) is 0 Å². The van der Waals surface area contributed by atoms with Crippen molar-refractivity contribution in [3.05, 3.63) is 33.8 Å². The van der Waals surface area contributed by atoms with E-state index in [4.69, 9.17) is 33.7 Å². The number of benzene rings is 1. The molecule has 1 fully saturated rings. The van der Waals surface area contributed by atoms with Gasteiger partial charge in [0.15, 0.2) is 0 Å². The molecule has 1 aliphatic heterocycles. The fourth-order valence-electron chi connectivity index (χ4n) is 2.20. The maximum Gasteiger partial charge on any atom is 0.0576 e. The van der Waals surface area contributed by atoms with Crippen LogP contribution in [0.1, 0.15) is 37.3 Å². The van der Waals surface area contributed by atoms with Crippen LogP contribution in [-0.2, 0) is 4.74 Å². The Bertz CT molecular complexity index is 378. The van der Waals surface area contributed by atoms with Crippen molar-refractivity contribution in [2.75, 3.05) is 6.61 Å². The van der Waals surface area contributed by atoms with Crippen LogP contribution < -0.4 is 5.73 Å². The Kier molecular flexibility index (Phi) is 4.69. The molecule has 2 nitrogen and oxygen atoms in total. The van der Waals surface area contributed by atoms with Gasteiger partial charge in [0.05, 0.1) is 6.10 Å². The van der Waals surface area contributed by atoms with E-state index in [1.54, 1.807) is 6.07 Å². The minimum Gasteiger partial charge on any atom is -0.378 e. The lowest BCUT2D eigenvalue weighted by Crippen LogP contribution is -2.14. The van der Waals surface area contributed by atoms with Gasteiger partial charge in [-0.3, -0.25) is 0 Å². The fourth-order valence-corrected chi connectivity index (χ4v) is 2.74. The maximum absolute atomic E-state index is 6.14. The van der Waals surface area contributed by atoms with Gasteiger partial charge in [0, 0.05) is 22.7 Å². The maximum atomic E-state index is 6.14. The van der Waals surface area contributed by atoms with Crippen molar-refractivity contribution in [3.63, 3.8) is 0 Å². The van der Waals surface area contributed by atoms with Crippen LogP contribution in [0.25, 0.3) is 0 Å². The Morgan fingerprint density at radius 1 is 1.41 bits per heavy atom. The lowest BCUT2D eigenvalue weighted by atomic mass is 10.00. The van der Waals surface area contributed by atoms with E-state index in [9.17, 15) is 0 Å². The van der Waals surface area contributed by atoms with Gasteiger partial charge >= 0.3 is 0 Å². The second-order valence-electron chi connectivity index (χ2n) is 4.48. The summed E-state index contributed by atoms with van der Waals surface area (Å²) in [5.41, 5.74) is 7.11. The van der Waals surface area contributed by atoms with Crippen LogP contribution in [0.2, 0.25) is 10.0 Å². The number of hydrogen-bond acceptors (Lipinski definition) is 2. The van der Waals surface area contributed by atoms with Crippen LogP contribution in [-0.4, -0.2) is 12.7 Å². The summed E-state index contributed by atoms with van der Waals surface area (Å²) in [6.45, 7) is 0.890. The third-order valence-corrected chi connectivity index (χ3v) is 3.75. The molecule has 0 spiro atoms. The second kappa shape index (κ2) is 6.05. The lowest BCUT2D eigenvalue weighted by Gasteiger charge is -2.16. The third-order valence-electron chi connectivity index (χ3n) is 3.19. The molecule has 1 aromatic rings. The molecule has 2 unspecified atom stereocenters. The molecule has 1 saturated heterocycles. The zero-order chi connectivity index (χ0) is 12.3. The van der Waals surface area contributed by atoms with E-state index in [-0.39, 0.29) is 6.04 Å². The first-order chi connectivity index (χ1) is 8.16. The number of halogens is 2. The van der Waals surface area contributed by atoms with Gasteiger partial charge in [0.1, 0.15) is 0 Å². The van der Waals surface area contributed by atoms with Crippen LogP contribution in [0, 0.1) is 0 Å². The van der Waals surface area contributed by atoms with Gasteiger partial charge in [0.25, 0.3) is 0 Å². The van der Waals surface area contributed by atoms with Crippen molar-refractivity contribution >= 4 is 23.2 Å². The molecule has 94 valence electrons. The Hall–Kier alpha value is -0.280. The number of nitrogens with two attached hydrogens (primary N) is 1. The largest absolute Gasteiger partial charge is 0.378 e. The summed E-state index contributed by atoms with van der Waals surface area (Å²) < 4.78 is 5.58.